The predicted octanol–water partition coefficient (Wildman–Crippen LogP) is 11.5. The van der Waals surface area contributed by atoms with Gasteiger partial charge in [-0.25, -0.2) is 0 Å². The number of halogens is 1. The standard InChI is InChI=1S/C45H54ClN2O2/c1-7-47-38-22-14-13-21-36(38)44(3,4)40(47)28-25-33-17-16-18-34(43(33)46)26-29-41-45(5,6)37-27-24-32(2)31-39(37)48(41)30-15-9-12-23-42(49)50-35-19-10-8-11-20-35/h8,10-11,13-14,19-22,24-29,32H,7,9,12,15-18,23,30-31H2,1-6H3/q+1. The maximum atomic E-state index is 12.4. The molecule has 0 saturated heterocycles. The van der Waals surface area contributed by atoms with Crippen LogP contribution in [0.3, 0.4) is 0 Å². The van der Waals surface area contributed by atoms with Crippen molar-refractivity contribution in [1.29, 1.82) is 0 Å². The first-order chi connectivity index (χ1) is 24.0. The van der Waals surface area contributed by atoms with Crippen LogP contribution in [0.25, 0.3) is 0 Å². The van der Waals surface area contributed by atoms with Crippen molar-refractivity contribution in [2.24, 2.45) is 11.3 Å². The Kier molecular flexibility index (Phi) is 10.9. The van der Waals surface area contributed by atoms with Gasteiger partial charge >= 0.3 is 5.97 Å². The van der Waals surface area contributed by atoms with Gasteiger partial charge in [0.15, 0.2) is 5.71 Å². The van der Waals surface area contributed by atoms with Crippen molar-refractivity contribution in [3.8, 4) is 5.75 Å². The highest BCUT2D eigenvalue weighted by molar-refractivity contribution is 6.32. The van der Waals surface area contributed by atoms with Gasteiger partial charge in [0.25, 0.3) is 0 Å². The molecule has 2 aliphatic carbocycles. The van der Waals surface area contributed by atoms with Crippen molar-refractivity contribution in [1.82, 2.24) is 4.90 Å². The van der Waals surface area contributed by atoms with E-state index in [-0.39, 0.29) is 16.8 Å². The van der Waals surface area contributed by atoms with Crippen molar-refractivity contribution in [3.63, 3.8) is 0 Å². The zero-order chi connectivity index (χ0) is 35.5. The zero-order valence-corrected chi connectivity index (χ0v) is 31.7. The van der Waals surface area contributed by atoms with E-state index in [1.165, 1.54) is 45.1 Å². The maximum absolute atomic E-state index is 12.4. The molecule has 0 fully saturated rings. The molecular formula is C45H54ClN2O2+. The summed E-state index contributed by atoms with van der Waals surface area (Å²) < 4.78 is 7.94. The molecule has 0 spiro atoms. The summed E-state index contributed by atoms with van der Waals surface area (Å²) in [5, 5.41) is 0.900. The molecule has 4 aliphatic rings. The summed E-state index contributed by atoms with van der Waals surface area (Å²) in [7, 11) is 0. The van der Waals surface area contributed by atoms with Crippen molar-refractivity contribution in [2.75, 3.05) is 13.1 Å². The average molecular weight is 690 g/mol. The SMILES string of the molecule is CC[N+]1=C(/C=C/C2=C(Cl)C(=C/C=C3/N(CCCCCC(=O)Oc4ccccc4)C4=C(C=CC(C)C4)C3(C)C)/CCC2)C(C)(C)c2ccccc21. The Labute approximate surface area is 305 Å². The second-order valence-electron chi connectivity index (χ2n) is 15.3. The second-order valence-corrected chi connectivity index (χ2v) is 15.7. The third kappa shape index (κ3) is 7.28. The first-order valence-corrected chi connectivity index (χ1v) is 19.1. The van der Waals surface area contributed by atoms with Crippen LogP contribution in [-0.4, -0.2) is 34.2 Å². The zero-order valence-electron chi connectivity index (χ0n) is 30.9. The summed E-state index contributed by atoms with van der Waals surface area (Å²) in [5.41, 5.74) is 10.5. The van der Waals surface area contributed by atoms with E-state index in [0.717, 1.165) is 63.1 Å². The van der Waals surface area contributed by atoms with Gasteiger partial charge in [-0.2, -0.15) is 4.58 Å². The lowest BCUT2D eigenvalue weighted by atomic mass is 9.79. The van der Waals surface area contributed by atoms with Crippen LogP contribution in [0.15, 0.2) is 124 Å². The molecule has 2 aliphatic heterocycles. The van der Waals surface area contributed by atoms with Crippen LogP contribution in [-0.2, 0) is 10.2 Å². The van der Waals surface area contributed by atoms with Gasteiger partial charge < -0.3 is 9.64 Å². The number of unbranched alkanes of at least 4 members (excludes halogenated alkanes) is 2. The predicted molar refractivity (Wildman–Crippen MR) is 208 cm³/mol. The second kappa shape index (κ2) is 15.2. The molecule has 0 amide bonds. The Morgan fingerprint density at radius 2 is 1.72 bits per heavy atom. The van der Waals surface area contributed by atoms with Crippen LogP contribution in [0, 0.1) is 11.3 Å². The number of carbonyl (C=O) groups is 1. The van der Waals surface area contributed by atoms with Crippen molar-refractivity contribution >= 4 is 29.0 Å². The van der Waals surface area contributed by atoms with Crippen molar-refractivity contribution in [2.45, 2.75) is 98.3 Å². The minimum Gasteiger partial charge on any atom is -0.427 e. The minimum atomic E-state index is -0.160. The monoisotopic (exact) mass is 689 g/mol. The number of fused-ring (bicyclic) bond motifs is 1. The quantitative estimate of drug-likeness (QED) is 0.102. The Morgan fingerprint density at radius 1 is 0.960 bits per heavy atom. The first kappa shape index (κ1) is 35.9. The molecule has 1 atom stereocenters. The summed E-state index contributed by atoms with van der Waals surface area (Å²) >= 11 is 7.23. The number of rotatable bonds is 11. The molecule has 0 aromatic heterocycles. The van der Waals surface area contributed by atoms with Crippen LogP contribution in [0.5, 0.6) is 5.75 Å². The number of allylic oxidation sites excluding steroid dienone is 11. The fourth-order valence-electron chi connectivity index (χ4n) is 8.27. The lowest BCUT2D eigenvalue weighted by Crippen LogP contribution is -2.27. The fourth-order valence-corrected chi connectivity index (χ4v) is 8.59. The number of para-hydroxylation sites is 2. The van der Waals surface area contributed by atoms with Crippen LogP contribution >= 0.6 is 11.6 Å². The number of nitrogens with zero attached hydrogens (tertiary/aromatic N) is 2. The van der Waals surface area contributed by atoms with Gasteiger partial charge in [0.05, 0.1) is 5.41 Å². The number of hydrogen-bond acceptors (Lipinski definition) is 3. The van der Waals surface area contributed by atoms with E-state index in [4.69, 9.17) is 16.3 Å². The normalized spacial score (nSPS) is 22.7. The number of esters is 1. The Hall–Kier alpha value is -3.89. The number of hydrogen-bond donors (Lipinski definition) is 0. The summed E-state index contributed by atoms with van der Waals surface area (Å²) in [6.45, 7) is 15.8. The van der Waals surface area contributed by atoms with Gasteiger partial charge in [0.1, 0.15) is 12.3 Å². The number of ether oxygens (including phenoxy) is 1. The molecule has 0 radical (unpaired) electrons. The van der Waals surface area contributed by atoms with Gasteiger partial charge in [-0.05, 0) is 100 Å². The van der Waals surface area contributed by atoms with Crippen LogP contribution in [0.2, 0.25) is 0 Å². The summed E-state index contributed by atoms with van der Waals surface area (Å²) in [6.07, 6.45) is 21.3. The molecule has 50 heavy (non-hydrogen) atoms. The molecule has 0 bridgehead atoms. The minimum absolute atomic E-state index is 0.0606. The summed E-state index contributed by atoms with van der Waals surface area (Å²) in [4.78, 5) is 15.0. The fraction of sp³-hybridized carbons (Fsp3) is 0.422. The molecule has 2 aromatic carbocycles. The van der Waals surface area contributed by atoms with E-state index in [0.29, 0.717) is 18.1 Å². The Bertz CT molecular complexity index is 1830. The Balaban J connectivity index is 1.19. The molecule has 0 N–H and O–H groups in total. The van der Waals surface area contributed by atoms with E-state index in [1.807, 2.05) is 30.3 Å². The molecule has 0 saturated carbocycles. The lowest BCUT2D eigenvalue weighted by molar-refractivity contribution is -0.433. The molecule has 1 unspecified atom stereocenters. The van der Waals surface area contributed by atoms with Crippen LogP contribution in [0.1, 0.15) is 98.5 Å². The first-order valence-electron chi connectivity index (χ1n) is 18.7. The van der Waals surface area contributed by atoms with E-state index in [2.05, 4.69) is 112 Å². The van der Waals surface area contributed by atoms with Crippen LogP contribution < -0.4 is 4.74 Å². The highest BCUT2D eigenvalue weighted by Gasteiger charge is 2.44. The van der Waals surface area contributed by atoms with E-state index < -0.39 is 0 Å². The summed E-state index contributed by atoms with van der Waals surface area (Å²) in [5.74, 6) is 0.968. The van der Waals surface area contributed by atoms with Crippen molar-refractivity contribution in [3.05, 3.63) is 130 Å². The molecule has 262 valence electrons. The van der Waals surface area contributed by atoms with E-state index in [1.54, 1.807) is 0 Å². The van der Waals surface area contributed by atoms with Gasteiger partial charge in [-0.3, -0.25) is 4.79 Å². The van der Waals surface area contributed by atoms with Gasteiger partial charge in [0, 0.05) is 52.5 Å². The Morgan fingerprint density at radius 3 is 2.50 bits per heavy atom. The summed E-state index contributed by atoms with van der Waals surface area (Å²) in [6, 6.07) is 18.1. The van der Waals surface area contributed by atoms with Gasteiger partial charge in [-0.1, -0.05) is 99.5 Å². The smallest absolute Gasteiger partial charge is 0.311 e. The molecule has 5 heteroatoms. The molecule has 2 aromatic rings. The molecular weight excluding hydrogens is 636 g/mol. The van der Waals surface area contributed by atoms with Crippen molar-refractivity contribution < 1.29 is 14.1 Å². The molecule has 6 rings (SSSR count). The number of carbonyl (C=O) groups excluding carboxylic acids is 1. The topological polar surface area (TPSA) is 32.5 Å². The third-order valence-electron chi connectivity index (χ3n) is 11.0. The maximum Gasteiger partial charge on any atom is 0.311 e. The molecule has 2 heterocycles. The van der Waals surface area contributed by atoms with Crippen LogP contribution in [0.4, 0.5) is 5.69 Å². The highest BCUT2D eigenvalue weighted by atomic mass is 35.5. The molecule has 4 nitrogen and oxygen atoms in total. The highest BCUT2D eigenvalue weighted by Crippen LogP contribution is 2.51. The van der Waals surface area contributed by atoms with E-state index in [9.17, 15) is 4.79 Å². The van der Waals surface area contributed by atoms with Gasteiger partial charge in [0.2, 0.25) is 5.69 Å². The average Bonchev–Trinajstić information content (AvgIpc) is 3.45. The van der Waals surface area contributed by atoms with Gasteiger partial charge in [-0.15, -0.1) is 0 Å². The third-order valence-corrected chi connectivity index (χ3v) is 11.5. The largest absolute Gasteiger partial charge is 0.427 e. The number of benzene rings is 2. The lowest BCUT2D eigenvalue weighted by Gasteiger charge is -2.29. The van der Waals surface area contributed by atoms with E-state index >= 15 is 0 Å².